The molecule has 0 amide bonds. The molecule has 5 aromatic carbocycles. The summed E-state index contributed by atoms with van der Waals surface area (Å²) in [6.07, 6.45) is -1.91. The second-order valence-corrected chi connectivity index (χ2v) is 14.0. The molecule has 6 nitrogen and oxygen atoms in total. The van der Waals surface area contributed by atoms with Crippen LogP contribution in [0.4, 0.5) is 4.39 Å². The smallest absolute Gasteiger partial charge is 0.366 e. The first-order valence-electron chi connectivity index (χ1n) is 15.2. The monoisotopic (exact) mass is 636 g/mol. The summed E-state index contributed by atoms with van der Waals surface area (Å²) in [5.74, 6) is -3.43. The van der Waals surface area contributed by atoms with E-state index in [9.17, 15) is 9.50 Å². The van der Waals surface area contributed by atoms with E-state index < -0.39 is 48.5 Å². The van der Waals surface area contributed by atoms with Gasteiger partial charge in [0.2, 0.25) is 0 Å². The van der Waals surface area contributed by atoms with E-state index in [0.717, 1.165) is 0 Å². The maximum absolute atomic E-state index is 15.9. The summed E-state index contributed by atoms with van der Waals surface area (Å²) in [6, 6.07) is 42.7. The van der Waals surface area contributed by atoms with Crippen molar-refractivity contribution >= 4 is 7.60 Å². The summed E-state index contributed by atoms with van der Waals surface area (Å²) >= 11 is 0. The van der Waals surface area contributed by atoms with E-state index in [0.29, 0.717) is 22.3 Å². The van der Waals surface area contributed by atoms with E-state index in [1.807, 2.05) is 135 Å². The standard InChI is InChI=1S/C38H34FO6P/c1-36(2)42-33-34(43-36)38(30-19-11-5-12-20-30,31-21-13-6-14-22-31)45-46(41,35(40)27-23-25-32(39)26-24-27)44-37(33,28-15-7-3-8-16-28)29-17-9-4-10-18-29/h3-26,33-35,40H,1-2H3/t33-,34-,35-/m1/s1. The average molecular weight is 637 g/mol. The molecule has 0 unspecified atom stereocenters. The van der Waals surface area contributed by atoms with Crippen molar-refractivity contribution < 1.29 is 32.6 Å². The van der Waals surface area contributed by atoms with Crippen LogP contribution in [-0.4, -0.2) is 23.1 Å². The SMILES string of the molecule is CC1(C)O[C@@H]2[C@@H](O1)C(c1ccccc1)(c1ccccc1)OP(=O)([C@@H](O)c1ccc(F)cc1)OC2(c1ccccc1)c1ccccc1. The Bertz CT molecular complexity index is 1650. The van der Waals surface area contributed by atoms with Crippen LogP contribution in [-0.2, 0) is 34.3 Å². The number of halogens is 1. The van der Waals surface area contributed by atoms with Gasteiger partial charge in [-0.1, -0.05) is 133 Å². The van der Waals surface area contributed by atoms with Gasteiger partial charge in [0, 0.05) is 0 Å². The van der Waals surface area contributed by atoms with Gasteiger partial charge in [-0.15, -0.1) is 0 Å². The lowest BCUT2D eigenvalue weighted by molar-refractivity contribution is -0.176. The van der Waals surface area contributed by atoms with Gasteiger partial charge in [-0.2, -0.15) is 0 Å². The van der Waals surface area contributed by atoms with Crippen LogP contribution in [0.25, 0.3) is 0 Å². The average Bonchev–Trinajstić information content (AvgIpc) is 3.39. The molecule has 5 aromatic rings. The van der Waals surface area contributed by atoms with Crippen LogP contribution in [0, 0.1) is 5.82 Å². The highest BCUT2D eigenvalue weighted by molar-refractivity contribution is 7.54. The van der Waals surface area contributed by atoms with E-state index in [-0.39, 0.29) is 5.56 Å². The molecule has 46 heavy (non-hydrogen) atoms. The molecule has 2 heterocycles. The van der Waals surface area contributed by atoms with Crippen LogP contribution >= 0.6 is 7.60 Å². The molecule has 2 aliphatic heterocycles. The molecule has 0 bridgehead atoms. The van der Waals surface area contributed by atoms with Crippen LogP contribution in [0.2, 0.25) is 0 Å². The minimum atomic E-state index is -4.71. The summed E-state index contributed by atoms with van der Waals surface area (Å²) in [4.78, 5) is 0. The van der Waals surface area contributed by atoms with E-state index in [4.69, 9.17) is 18.5 Å². The van der Waals surface area contributed by atoms with Crippen molar-refractivity contribution in [3.05, 3.63) is 179 Å². The predicted molar refractivity (Wildman–Crippen MR) is 172 cm³/mol. The molecule has 234 valence electrons. The number of rotatable bonds is 6. The molecule has 0 aromatic heterocycles. The Morgan fingerprint density at radius 2 is 0.913 bits per heavy atom. The maximum Gasteiger partial charge on any atom is 0.366 e. The highest BCUT2D eigenvalue weighted by Gasteiger charge is 2.69. The third-order valence-corrected chi connectivity index (χ3v) is 10.7. The van der Waals surface area contributed by atoms with Crippen LogP contribution in [0.1, 0.15) is 47.5 Å². The lowest BCUT2D eigenvalue weighted by atomic mass is 9.72. The Morgan fingerprint density at radius 1 is 0.587 bits per heavy atom. The Labute approximate surface area is 267 Å². The first-order chi connectivity index (χ1) is 22.2. The fourth-order valence-corrected chi connectivity index (χ4v) is 8.95. The number of hydrogen-bond donors (Lipinski definition) is 1. The second-order valence-electron chi connectivity index (χ2n) is 12.1. The van der Waals surface area contributed by atoms with Gasteiger partial charge >= 0.3 is 7.60 Å². The number of benzene rings is 5. The summed E-state index contributed by atoms with van der Waals surface area (Å²) in [6.45, 7) is 3.66. The minimum absolute atomic E-state index is 0.170. The van der Waals surface area contributed by atoms with Gasteiger partial charge in [-0.05, 0) is 53.8 Å². The molecule has 7 rings (SSSR count). The third-order valence-electron chi connectivity index (χ3n) is 8.72. The first kappa shape index (κ1) is 30.7. The maximum atomic E-state index is 15.9. The Kier molecular flexibility index (Phi) is 7.81. The van der Waals surface area contributed by atoms with Gasteiger partial charge in [-0.3, -0.25) is 13.6 Å². The van der Waals surface area contributed by atoms with Gasteiger partial charge in [0.1, 0.15) is 18.0 Å². The number of hydrogen-bond acceptors (Lipinski definition) is 6. The van der Waals surface area contributed by atoms with Crippen molar-refractivity contribution in [1.82, 2.24) is 0 Å². The van der Waals surface area contributed by atoms with Crippen molar-refractivity contribution in [2.45, 2.75) is 48.9 Å². The summed E-state index contributed by atoms with van der Waals surface area (Å²) < 4.78 is 57.7. The third kappa shape index (κ3) is 5.05. The Hall–Kier alpha value is -3.94. The zero-order chi connectivity index (χ0) is 32.0. The van der Waals surface area contributed by atoms with Crippen LogP contribution in [0.5, 0.6) is 0 Å². The fraction of sp³-hybridized carbons (Fsp3) is 0.211. The van der Waals surface area contributed by atoms with Gasteiger partial charge in [0.05, 0.1) is 0 Å². The topological polar surface area (TPSA) is 74.2 Å². The second kappa shape index (κ2) is 11.7. The van der Waals surface area contributed by atoms with Crippen LogP contribution < -0.4 is 0 Å². The highest BCUT2D eigenvalue weighted by atomic mass is 31.2. The normalized spacial score (nSPS) is 23.1. The molecule has 1 N–H and O–H groups in total. The summed E-state index contributed by atoms with van der Waals surface area (Å²) in [5.41, 5.74) is -0.529. The van der Waals surface area contributed by atoms with Gasteiger partial charge in [0.15, 0.2) is 22.8 Å². The van der Waals surface area contributed by atoms with Crippen LogP contribution in [0.15, 0.2) is 146 Å². The molecule has 8 heteroatoms. The molecule has 0 saturated carbocycles. The van der Waals surface area contributed by atoms with E-state index in [1.165, 1.54) is 24.3 Å². The highest BCUT2D eigenvalue weighted by Crippen LogP contribution is 2.72. The minimum Gasteiger partial charge on any atom is -0.376 e. The van der Waals surface area contributed by atoms with E-state index in [2.05, 4.69) is 0 Å². The predicted octanol–water partition coefficient (Wildman–Crippen LogP) is 8.46. The van der Waals surface area contributed by atoms with Crippen molar-refractivity contribution in [1.29, 1.82) is 0 Å². The molecular formula is C38H34FO6P. The van der Waals surface area contributed by atoms with Crippen LogP contribution in [0.3, 0.4) is 0 Å². The lowest BCUT2D eigenvalue weighted by Crippen LogP contribution is -2.53. The molecular weight excluding hydrogens is 602 g/mol. The zero-order valence-electron chi connectivity index (χ0n) is 25.4. The first-order valence-corrected chi connectivity index (χ1v) is 16.8. The van der Waals surface area contributed by atoms with Crippen molar-refractivity contribution in [3.63, 3.8) is 0 Å². The van der Waals surface area contributed by atoms with Gasteiger partial charge < -0.3 is 14.6 Å². The number of aliphatic hydroxyl groups excluding tert-OH is 1. The lowest BCUT2D eigenvalue weighted by Gasteiger charge is -2.41. The molecule has 2 fully saturated rings. The quantitative estimate of drug-likeness (QED) is 0.189. The Morgan fingerprint density at radius 3 is 1.24 bits per heavy atom. The largest absolute Gasteiger partial charge is 0.376 e. The van der Waals surface area contributed by atoms with E-state index in [1.54, 1.807) is 0 Å². The Balaban J connectivity index is 1.61. The van der Waals surface area contributed by atoms with Crippen molar-refractivity contribution in [2.75, 3.05) is 0 Å². The van der Waals surface area contributed by atoms with Crippen molar-refractivity contribution in [2.24, 2.45) is 0 Å². The molecule has 0 radical (unpaired) electrons. The molecule has 3 atom stereocenters. The number of ether oxygens (including phenoxy) is 2. The van der Waals surface area contributed by atoms with Crippen molar-refractivity contribution in [3.8, 4) is 0 Å². The van der Waals surface area contributed by atoms with E-state index >= 15 is 4.57 Å². The number of fused-ring (bicyclic) bond motifs is 1. The summed E-state index contributed by atoms with van der Waals surface area (Å²) in [7, 11) is -4.71. The zero-order valence-corrected chi connectivity index (χ0v) is 26.3. The fourth-order valence-electron chi connectivity index (χ4n) is 6.74. The molecule has 0 aliphatic carbocycles. The molecule has 2 saturated heterocycles. The molecule has 2 aliphatic rings. The van der Waals surface area contributed by atoms with Gasteiger partial charge in [-0.25, -0.2) is 4.39 Å². The molecule has 0 spiro atoms. The van der Waals surface area contributed by atoms with Gasteiger partial charge in [0.25, 0.3) is 0 Å². The number of aliphatic hydroxyl groups is 1. The summed E-state index contributed by atoms with van der Waals surface area (Å²) in [5, 5.41) is 12.1.